The van der Waals surface area contributed by atoms with E-state index in [1.165, 1.54) is 0 Å². The number of aromatic nitrogens is 1. The number of pyridine rings is 1. The van der Waals surface area contributed by atoms with Gasteiger partial charge in [0.05, 0.1) is 17.1 Å². The van der Waals surface area contributed by atoms with E-state index in [0.717, 1.165) is 12.0 Å². The first-order valence-electron chi connectivity index (χ1n) is 7.36. The lowest BCUT2D eigenvalue weighted by Gasteiger charge is -2.18. The van der Waals surface area contributed by atoms with Gasteiger partial charge in [0.25, 0.3) is 5.91 Å². The van der Waals surface area contributed by atoms with Crippen molar-refractivity contribution in [3.63, 3.8) is 0 Å². The largest absolute Gasteiger partial charge is 0.472 e. The molecular weight excluding hydrogens is 335 g/mol. The zero-order valence-electron chi connectivity index (χ0n) is 12.6. The highest BCUT2D eigenvalue weighted by molar-refractivity contribution is 6.35. The van der Waals surface area contributed by atoms with Gasteiger partial charge in [-0.25, -0.2) is 4.98 Å². The monoisotopic (exact) mass is 350 g/mol. The summed E-state index contributed by atoms with van der Waals surface area (Å²) in [5.74, 6) is 0.455. The molecule has 0 spiro atoms. The third-order valence-electron chi connectivity index (χ3n) is 3.76. The van der Waals surface area contributed by atoms with E-state index in [4.69, 9.17) is 27.9 Å². The van der Waals surface area contributed by atoms with Gasteiger partial charge in [0.1, 0.15) is 6.10 Å². The summed E-state index contributed by atoms with van der Waals surface area (Å²) in [6.45, 7) is 3.11. The Morgan fingerprint density at radius 3 is 2.87 bits per heavy atom. The number of benzene rings is 1. The molecule has 2 heterocycles. The molecule has 1 aromatic carbocycles. The maximum Gasteiger partial charge on any atom is 0.255 e. The van der Waals surface area contributed by atoms with Gasteiger partial charge in [-0.15, -0.1) is 0 Å². The Morgan fingerprint density at radius 1 is 1.30 bits per heavy atom. The normalized spacial score (nSPS) is 17.3. The molecule has 0 saturated carbocycles. The lowest BCUT2D eigenvalue weighted by molar-refractivity contribution is 0.0771. The Kier molecular flexibility index (Phi) is 4.74. The number of carbonyl (C=O) groups is 1. The number of likely N-dealkylation sites (tertiary alicyclic amines) is 1. The zero-order chi connectivity index (χ0) is 16.4. The number of amides is 1. The lowest BCUT2D eigenvalue weighted by atomic mass is 10.2. The van der Waals surface area contributed by atoms with Gasteiger partial charge < -0.3 is 9.64 Å². The van der Waals surface area contributed by atoms with Gasteiger partial charge >= 0.3 is 0 Å². The van der Waals surface area contributed by atoms with Crippen LogP contribution in [-0.2, 0) is 0 Å². The molecule has 1 unspecified atom stereocenters. The SMILES string of the molecule is Cc1ccc(OC2CCN(C(=O)c3cc(Cl)ccc3Cl)C2)nc1. The van der Waals surface area contributed by atoms with E-state index in [1.54, 1.807) is 29.3 Å². The highest BCUT2D eigenvalue weighted by Crippen LogP contribution is 2.24. The van der Waals surface area contributed by atoms with Gasteiger partial charge in [0.15, 0.2) is 0 Å². The fourth-order valence-corrected chi connectivity index (χ4v) is 2.91. The molecule has 1 saturated heterocycles. The van der Waals surface area contributed by atoms with Crippen molar-refractivity contribution in [2.45, 2.75) is 19.4 Å². The molecule has 1 fully saturated rings. The summed E-state index contributed by atoms with van der Waals surface area (Å²) >= 11 is 12.1. The molecule has 1 aliphatic heterocycles. The van der Waals surface area contributed by atoms with Crippen LogP contribution >= 0.6 is 23.2 Å². The van der Waals surface area contributed by atoms with E-state index in [9.17, 15) is 4.79 Å². The third-order valence-corrected chi connectivity index (χ3v) is 4.33. The summed E-state index contributed by atoms with van der Waals surface area (Å²) in [5.41, 5.74) is 1.50. The average molecular weight is 351 g/mol. The van der Waals surface area contributed by atoms with Crippen LogP contribution in [0.1, 0.15) is 22.3 Å². The number of aryl methyl sites for hydroxylation is 1. The molecule has 4 nitrogen and oxygen atoms in total. The molecule has 0 N–H and O–H groups in total. The number of carbonyl (C=O) groups excluding carboxylic acids is 1. The van der Waals surface area contributed by atoms with Crippen molar-refractivity contribution in [1.82, 2.24) is 9.88 Å². The Bertz CT molecular complexity index is 719. The molecule has 1 aromatic heterocycles. The molecule has 6 heteroatoms. The number of rotatable bonds is 3. The average Bonchev–Trinajstić information content (AvgIpc) is 3.00. The maximum atomic E-state index is 12.6. The number of hydrogen-bond acceptors (Lipinski definition) is 3. The van der Waals surface area contributed by atoms with E-state index in [1.807, 2.05) is 19.1 Å². The molecule has 1 amide bonds. The van der Waals surface area contributed by atoms with Crippen molar-refractivity contribution in [3.8, 4) is 5.88 Å². The number of hydrogen-bond donors (Lipinski definition) is 0. The minimum atomic E-state index is -0.125. The van der Waals surface area contributed by atoms with Crippen LogP contribution in [0.2, 0.25) is 10.0 Å². The van der Waals surface area contributed by atoms with E-state index in [0.29, 0.717) is 34.6 Å². The molecular formula is C17H16Cl2N2O2. The Hall–Kier alpha value is -1.78. The minimum absolute atomic E-state index is 0.0629. The molecule has 1 atom stereocenters. The van der Waals surface area contributed by atoms with Crippen LogP contribution in [0.15, 0.2) is 36.5 Å². The summed E-state index contributed by atoms with van der Waals surface area (Å²) in [4.78, 5) is 18.5. The van der Waals surface area contributed by atoms with Crippen LogP contribution in [-0.4, -0.2) is 35.0 Å². The molecule has 23 heavy (non-hydrogen) atoms. The second-order valence-electron chi connectivity index (χ2n) is 5.58. The summed E-state index contributed by atoms with van der Waals surface area (Å²) in [6.07, 6.45) is 2.46. The van der Waals surface area contributed by atoms with Crippen molar-refractivity contribution in [2.75, 3.05) is 13.1 Å². The van der Waals surface area contributed by atoms with Crippen LogP contribution in [0.25, 0.3) is 0 Å². The van der Waals surface area contributed by atoms with Crippen molar-refractivity contribution in [2.24, 2.45) is 0 Å². The maximum absolute atomic E-state index is 12.6. The lowest BCUT2D eigenvalue weighted by Crippen LogP contribution is -2.31. The molecule has 1 aliphatic rings. The number of nitrogens with zero attached hydrogens (tertiary/aromatic N) is 2. The smallest absolute Gasteiger partial charge is 0.255 e. The van der Waals surface area contributed by atoms with E-state index in [-0.39, 0.29) is 12.0 Å². The first-order valence-corrected chi connectivity index (χ1v) is 8.12. The van der Waals surface area contributed by atoms with E-state index in [2.05, 4.69) is 4.98 Å². The topological polar surface area (TPSA) is 42.4 Å². The van der Waals surface area contributed by atoms with Crippen LogP contribution < -0.4 is 4.74 Å². The van der Waals surface area contributed by atoms with Crippen LogP contribution in [0, 0.1) is 6.92 Å². The van der Waals surface area contributed by atoms with Crippen LogP contribution in [0.5, 0.6) is 5.88 Å². The van der Waals surface area contributed by atoms with Crippen molar-refractivity contribution < 1.29 is 9.53 Å². The second-order valence-corrected chi connectivity index (χ2v) is 6.42. The first kappa shape index (κ1) is 16.1. The Morgan fingerprint density at radius 2 is 2.13 bits per heavy atom. The molecule has 0 bridgehead atoms. The molecule has 3 rings (SSSR count). The van der Waals surface area contributed by atoms with Gasteiger partial charge in [-0.2, -0.15) is 0 Å². The van der Waals surface area contributed by atoms with Gasteiger partial charge in [0, 0.05) is 30.3 Å². The highest BCUT2D eigenvalue weighted by atomic mass is 35.5. The van der Waals surface area contributed by atoms with Gasteiger partial charge in [0.2, 0.25) is 5.88 Å². The van der Waals surface area contributed by atoms with Gasteiger partial charge in [-0.3, -0.25) is 4.79 Å². The van der Waals surface area contributed by atoms with Gasteiger partial charge in [-0.05, 0) is 30.7 Å². The van der Waals surface area contributed by atoms with Crippen LogP contribution in [0.4, 0.5) is 0 Å². The van der Waals surface area contributed by atoms with Crippen molar-refractivity contribution in [3.05, 3.63) is 57.7 Å². The minimum Gasteiger partial charge on any atom is -0.472 e. The Labute approximate surface area is 145 Å². The van der Waals surface area contributed by atoms with E-state index < -0.39 is 0 Å². The molecule has 2 aromatic rings. The summed E-state index contributed by atoms with van der Waals surface area (Å²) in [6, 6.07) is 8.69. The summed E-state index contributed by atoms with van der Waals surface area (Å²) in [7, 11) is 0. The molecule has 120 valence electrons. The van der Waals surface area contributed by atoms with Crippen LogP contribution in [0.3, 0.4) is 0 Å². The predicted octanol–water partition coefficient (Wildman–Crippen LogP) is 3.99. The van der Waals surface area contributed by atoms with Crippen molar-refractivity contribution in [1.29, 1.82) is 0 Å². The number of halogens is 2. The standard InChI is InChI=1S/C17H16Cl2N2O2/c1-11-2-5-16(20-9-11)23-13-6-7-21(10-13)17(22)14-8-12(18)3-4-15(14)19/h2-5,8-9,13H,6-7,10H2,1H3. The summed E-state index contributed by atoms with van der Waals surface area (Å²) < 4.78 is 5.84. The quantitative estimate of drug-likeness (QED) is 0.840. The third kappa shape index (κ3) is 3.77. The predicted molar refractivity (Wildman–Crippen MR) is 90.4 cm³/mol. The zero-order valence-corrected chi connectivity index (χ0v) is 14.1. The first-order chi connectivity index (χ1) is 11.0. The fraction of sp³-hybridized carbons (Fsp3) is 0.294. The van der Waals surface area contributed by atoms with Crippen molar-refractivity contribution >= 4 is 29.1 Å². The Balaban J connectivity index is 1.66. The molecule has 0 radical (unpaired) electrons. The fourth-order valence-electron chi connectivity index (χ4n) is 2.54. The van der Waals surface area contributed by atoms with Gasteiger partial charge in [-0.1, -0.05) is 29.3 Å². The summed E-state index contributed by atoms with van der Waals surface area (Å²) in [5, 5.41) is 0.901. The molecule has 0 aliphatic carbocycles. The number of ether oxygens (including phenoxy) is 1. The van der Waals surface area contributed by atoms with E-state index >= 15 is 0 Å². The second kappa shape index (κ2) is 6.77. The highest BCUT2D eigenvalue weighted by Gasteiger charge is 2.29.